The number of carbonyl (C=O) groups is 2. The van der Waals surface area contributed by atoms with E-state index in [1.54, 1.807) is 40.7 Å². The lowest BCUT2D eigenvalue weighted by atomic mass is 10.0. The minimum atomic E-state index is -4.42. The molecule has 0 unspecified atom stereocenters. The van der Waals surface area contributed by atoms with Crippen molar-refractivity contribution in [3.8, 4) is 11.1 Å². The van der Waals surface area contributed by atoms with E-state index in [1.165, 1.54) is 28.7 Å². The predicted molar refractivity (Wildman–Crippen MR) is 147 cm³/mol. The lowest BCUT2D eigenvalue weighted by Crippen LogP contribution is -2.62. The number of likely N-dealkylation sites (tertiary alicyclic amines) is 2. The van der Waals surface area contributed by atoms with Gasteiger partial charge >= 0.3 is 6.18 Å². The number of carbonyl (C=O) groups excluding carboxylic acids is 2. The lowest BCUT2D eigenvalue weighted by Gasteiger charge is -2.41. The van der Waals surface area contributed by atoms with Crippen LogP contribution in [0.3, 0.4) is 0 Å². The zero-order valence-electron chi connectivity index (χ0n) is 20.4. The third-order valence-corrected chi connectivity index (χ3v) is 9.48. The van der Waals surface area contributed by atoms with Crippen molar-refractivity contribution < 1.29 is 22.8 Å². The maximum absolute atomic E-state index is 13.2. The van der Waals surface area contributed by atoms with Crippen molar-refractivity contribution in [2.45, 2.75) is 24.7 Å². The highest BCUT2D eigenvalue weighted by Crippen LogP contribution is 2.39. The summed E-state index contributed by atoms with van der Waals surface area (Å²) in [6, 6.07) is 10.7. The number of benzene rings is 2. The number of thiazole rings is 1. The summed E-state index contributed by atoms with van der Waals surface area (Å²) < 4.78 is 40.2. The molecule has 12 heteroatoms. The van der Waals surface area contributed by atoms with Crippen LogP contribution < -0.4 is 5.32 Å². The van der Waals surface area contributed by atoms with Gasteiger partial charge in [-0.15, -0.1) is 22.7 Å². The van der Waals surface area contributed by atoms with Crippen LogP contribution in [0.4, 0.5) is 13.2 Å². The number of thiophene rings is 1. The van der Waals surface area contributed by atoms with Gasteiger partial charge in [-0.25, -0.2) is 4.98 Å². The van der Waals surface area contributed by atoms with Crippen molar-refractivity contribution in [3.05, 3.63) is 74.5 Å². The Morgan fingerprint density at radius 1 is 1.00 bits per heavy atom. The Morgan fingerprint density at radius 3 is 2.51 bits per heavy atom. The first kappa shape index (κ1) is 26.2. The SMILES string of the molecule is O=C(c1nccs1)N1CC[C@H](NC2CN(C(=O)c3sc4cc(-c5cccc(C(F)(F)F)c5)ccc4c3Cl)C2)C1. The molecular formula is C27H22ClF3N4O2S2. The maximum atomic E-state index is 13.2. The van der Waals surface area contributed by atoms with E-state index in [2.05, 4.69) is 10.3 Å². The van der Waals surface area contributed by atoms with E-state index in [9.17, 15) is 22.8 Å². The monoisotopic (exact) mass is 590 g/mol. The number of hydrogen-bond donors (Lipinski definition) is 1. The van der Waals surface area contributed by atoms with Gasteiger partial charge in [0.2, 0.25) is 0 Å². The molecule has 2 saturated heterocycles. The highest BCUT2D eigenvalue weighted by molar-refractivity contribution is 7.21. The summed E-state index contributed by atoms with van der Waals surface area (Å²) >= 11 is 9.16. The van der Waals surface area contributed by atoms with Crippen molar-refractivity contribution in [2.75, 3.05) is 26.2 Å². The van der Waals surface area contributed by atoms with E-state index < -0.39 is 11.7 Å². The molecule has 0 radical (unpaired) electrons. The van der Waals surface area contributed by atoms with Gasteiger partial charge in [0, 0.05) is 59.9 Å². The fourth-order valence-corrected chi connectivity index (χ4v) is 7.15. The average molecular weight is 591 g/mol. The molecule has 0 aliphatic carbocycles. The van der Waals surface area contributed by atoms with Crippen molar-refractivity contribution in [1.29, 1.82) is 0 Å². The normalized spacial score (nSPS) is 18.1. The Hall–Kier alpha value is -2.99. The van der Waals surface area contributed by atoms with Crippen LogP contribution in [0.25, 0.3) is 21.2 Å². The quantitative estimate of drug-likeness (QED) is 0.308. The number of hydrogen-bond acceptors (Lipinski definition) is 6. The lowest BCUT2D eigenvalue weighted by molar-refractivity contribution is -0.137. The van der Waals surface area contributed by atoms with E-state index in [1.807, 2.05) is 4.90 Å². The van der Waals surface area contributed by atoms with Crippen LogP contribution in [0.2, 0.25) is 5.02 Å². The highest BCUT2D eigenvalue weighted by atomic mass is 35.5. The fourth-order valence-electron chi connectivity index (χ4n) is 5.03. The highest BCUT2D eigenvalue weighted by Gasteiger charge is 2.37. The summed E-state index contributed by atoms with van der Waals surface area (Å²) in [5.74, 6) is -0.206. The molecule has 2 amide bonds. The summed E-state index contributed by atoms with van der Waals surface area (Å²) in [5.41, 5.74) is 0.356. The number of halogens is 4. The van der Waals surface area contributed by atoms with Gasteiger partial charge in [-0.2, -0.15) is 13.2 Å². The zero-order valence-corrected chi connectivity index (χ0v) is 22.8. The minimum absolute atomic E-state index is 0.0460. The maximum Gasteiger partial charge on any atom is 0.416 e. The van der Waals surface area contributed by atoms with Gasteiger partial charge in [-0.05, 0) is 35.7 Å². The largest absolute Gasteiger partial charge is 0.416 e. The van der Waals surface area contributed by atoms with Crippen molar-refractivity contribution in [1.82, 2.24) is 20.1 Å². The first-order valence-electron chi connectivity index (χ1n) is 12.3. The summed E-state index contributed by atoms with van der Waals surface area (Å²) in [7, 11) is 0. The molecule has 0 bridgehead atoms. The Balaban J connectivity index is 1.09. The first-order chi connectivity index (χ1) is 18.7. The van der Waals surface area contributed by atoms with Gasteiger partial charge in [0.15, 0.2) is 5.01 Å². The Kier molecular flexibility index (Phi) is 6.86. The number of fused-ring (bicyclic) bond motifs is 1. The molecule has 39 heavy (non-hydrogen) atoms. The van der Waals surface area contributed by atoms with Crippen LogP contribution in [0.5, 0.6) is 0 Å². The molecule has 2 aromatic heterocycles. The van der Waals surface area contributed by atoms with Crippen LogP contribution in [0, 0.1) is 0 Å². The van der Waals surface area contributed by atoms with Gasteiger partial charge in [0.05, 0.1) is 10.6 Å². The fraction of sp³-hybridized carbons (Fsp3) is 0.296. The van der Waals surface area contributed by atoms with Crippen LogP contribution in [0.15, 0.2) is 54.0 Å². The second-order valence-electron chi connectivity index (χ2n) is 9.68. The van der Waals surface area contributed by atoms with E-state index >= 15 is 0 Å². The molecule has 2 aromatic carbocycles. The molecule has 0 saturated carbocycles. The summed E-state index contributed by atoms with van der Waals surface area (Å²) in [5, 5.41) is 6.90. The van der Waals surface area contributed by atoms with Crippen LogP contribution >= 0.6 is 34.3 Å². The molecule has 4 heterocycles. The molecule has 2 aliphatic heterocycles. The van der Waals surface area contributed by atoms with Crippen molar-refractivity contribution in [3.63, 3.8) is 0 Å². The van der Waals surface area contributed by atoms with Gasteiger partial charge in [0.25, 0.3) is 11.8 Å². The molecule has 6 rings (SSSR count). The van der Waals surface area contributed by atoms with Crippen LogP contribution in [-0.4, -0.2) is 64.9 Å². The Morgan fingerprint density at radius 2 is 1.77 bits per heavy atom. The number of rotatable bonds is 5. The van der Waals surface area contributed by atoms with Crippen molar-refractivity contribution in [2.24, 2.45) is 0 Å². The summed E-state index contributed by atoms with van der Waals surface area (Å²) in [4.78, 5) is 33.8. The van der Waals surface area contributed by atoms with E-state index in [4.69, 9.17) is 11.6 Å². The average Bonchev–Trinajstić information content (AvgIpc) is 3.66. The van der Waals surface area contributed by atoms with Crippen molar-refractivity contribution >= 4 is 56.2 Å². The zero-order chi connectivity index (χ0) is 27.3. The molecule has 1 N–H and O–H groups in total. The minimum Gasteiger partial charge on any atom is -0.335 e. The molecule has 6 nitrogen and oxygen atoms in total. The Labute approximate surface area is 235 Å². The van der Waals surface area contributed by atoms with Gasteiger partial charge < -0.3 is 15.1 Å². The smallest absolute Gasteiger partial charge is 0.335 e. The molecule has 4 aromatic rings. The summed E-state index contributed by atoms with van der Waals surface area (Å²) in [6.45, 7) is 2.36. The van der Waals surface area contributed by atoms with E-state index in [0.717, 1.165) is 23.3 Å². The standard InChI is InChI=1S/C27H22ClF3N4O2S2/c28-22-20-5-4-16(15-2-1-3-17(10-15)27(29,30)31)11-21(20)39-23(22)25(36)35-13-19(14-35)33-18-6-8-34(12-18)26(37)24-32-7-9-38-24/h1-5,7,9-11,18-19,33H,6,8,12-14H2/t18-/m0/s1. The molecule has 2 fully saturated rings. The second-order valence-corrected chi connectivity index (χ2v) is 12.0. The third-order valence-electron chi connectivity index (χ3n) is 7.08. The molecular weight excluding hydrogens is 569 g/mol. The molecule has 1 atom stereocenters. The third kappa shape index (κ3) is 5.16. The number of aromatic nitrogens is 1. The second kappa shape index (κ2) is 10.2. The van der Waals surface area contributed by atoms with Crippen LogP contribution in [0.1, 0.15) is 31.5 Å². The first-order valence-corrected chi connectivity index (χ1v) is 14.4. The molecule has 0 spiro atoms. The van der Waals surface area contributed by atoms with Gasteiger partial charge in [0.1, 0.15) is 4.88 Å². The van der Waals surface area contributed by atoms with Gasteiger partial charge in [-0.3, -0.25) is 9.59 Å². The number of nitrogens with one attached hydrogen (secondary N) is 1. The van der Waals surface area contributed by atoms with E-state index in [0.29, 0.717) is 57.6 Å². The number of alkyl halides is 3. The topological polar surface area (TPSA) is 65.5 Å². The van der Waals surface area contributed by atoms with Crippen LogP contribution in [-0.2, 0) is 6.18 Å². The summed E-state index contributed by atoms with van der Waals surface area (Å²) in [6.07, 6.45) is -1.95. The van der Waals surface area contributed by atoms with E-state index in [-0.39, 0.29) is 23.9 Å². The predicted octanol–water partition coefficient (Wildman–Crippen LogP) is 6.03. The Bertz CT molecular complexity index is 1550. The number of nitrogens with zero attached hydrogens (tertiary/aromatic N) is 3. The number of amides is 2. The molecule has 202 valence electrons. The van der Waals surface area contributed by atoms with Gasteiger partial charge in [-0.1, -0.05) is 35.9 Å². The molecule has 2 aliphatic rings.